The third kappa shape index (κ3) is 8.04. The summed E-state index contributed by atoms with van der Waals surface area (Å²) in [7, 11) is 1.64. The van der Waals surface area contributed by atoms with Gasteiger partial charge >= 0.3 is 0 Å². The number of amides is 2. The van der Waals surface area contributed by atoms with Crippen LogP contribution in [0.2, 0.25) is 0 Å². The molecule has 10 heteroatoms. The number of ether oxygens (including phenoxy) is 1. The van der Waals surface area contributed by atoms with Crippen molar-refractivity contribution in [3.63, 3.8) is 0 Å². The lowest BCUT2D eigenvalue weighted by Crippen LogP contribution is -2.55. The van der Waals surface area contributed by atoms with Gasteiger partial charge in [-0.2, -0.15) is 0 Å². The molecule has 0 spiro atoms. The predicted octanol–water partition coefficient (Wildman–Crippen LogP) is 3.08. The highest BCUT2D eigenvalue weighted by Crippen LogP contribution is 2.23. The topological polar surface area (TPSA) is 120 Å². The van der Waals surface area contributed by atoms with Crippen molar-refractivity contribution in [2.75, 3.05) is 43.9 Å². The number of nitrogens with zero attached hydrogens (tertiary/aromatic N) is 3. The van der Waals surface area contributed by atoms with E-state index in [1.165, 1.54) is 4.90 Å². The highest BCUT2D eigenvalue weighted by atomic mass is 16.5. The molecule has 0 saturated heterocycles. The zero-order valence-corrected chi connectivity index (χ0v) is 21.4. The maximum Gasteiger partial charge on any atom is 0.251 e. The van der Waals surface area contributed by atoms with Crippen molar-refractivity contribution >= 4 is 29.3 Å². The Hall–Kier alpha value is -4.44. The Bertz CT molecular complexity index is 1220. The number of anilines is 2. The number of hydrogen-bond donors (Lipinski definition) is 4. The Kier molecular flexibility index (Phi) is 9.63. The SMILES string of the molecule is CN(C(=O)CCNCCCNc1cccc(Oc2ccccc2)c1)C1CN=C(Nc2ccccn2)NC1=O. The summed E-state index contributed by atoms with van der Waals surface area (Å²) >= 11 is 0. The van der Waals surface area contributed by atoms with Crippen LogP contribution in [0.15, 0.2) is 84.0 Å². The average Bonchev–Trinajstić information content (AvgIpc) is 2.93. The molecule has 1 aromatic heterocycles. The van der Waals surface area contributed by atoms with E-state index in [-0.39, 0.29) is 18.4 Å². The normalized spacial score (nSPS) is 14.7. The van der Waals surface area contributed by atoms with Crippen LogP contribution < -0.4 is 26.0 Å². The molecule has 3 aromatic rings. The van der Waals surface area contributed by atoms with Crippen molar-refractivity contribution in [2.45, 2.75) is 18.9 Å². The molecular weight excluding hydrogens is 482 g/mol. The molecule has 2 amide bonds. The van der Waals surface area contributed by atoms with E-state index in [4.69, 9.17) is 4.74 Å². The minimum Gasteiger partial charge on any atom is -0.457 e. The summed E-state index contributed by atoms with van der Waals surface area (Å²) in [5, 5.41) is 12.4. The minimum absolute atomic E-state index is 0.109. The first-order chi connectivity index (χ1) is 18.6. The summed E-state index contributed by atoms with van der Waals surface area (Å²) in [6.07, 6.45) is 2.84. The summed E-state index contributed by atoms with van der Waals surface area (Å²) in [5.74, 6) is 2.11. The second-order valence-corrected chi connectivity index (χ2v) is 8.76. The molecule has 0 aliphatic carbocycles. The van der Waals surface area contributed by atoms with Crippen LogP contribution in [0, 0.1) is 0 Å². The van der Waals surface area contributed by atoms with Crippen molar-refractivity contribution in [3.8, 4) is 11.5 Å². The summed E-state index contributed by atoms with van der Waals surface area (Å²) in [4.78, 5) is 35.1. The zero-order chi connectivity index (χ0) is 26.6. The molecule has 198 valence electrons. The summed E-state index contributed by atoms with van der Waals surface area (Å²) in [5.41, 5.74) is 0.988. The van der Waals surface area contributed by atoms with Crippen LogP contribution >= 0.6 is 0 Å². The van der Waals surface area contributed by atoms with Gasteiger partial charge in [0.1, 0.15) is 23.4 Å². The van der Waals surface area contributed by atoms with Crippen molar-refractivity contribution in [2.24, 2.45) is 4.99 Å². The molecule has 0 bridgehead atoms. The Morgan fingerprint density at radius 2 is 1.84 bits per heavy atom. The number of likely N-dealkylation sites (N-methyl/N-ethyl adjacent to an activating group) is 1. The Balaban J connectivity index is 1.10. The largest absolute Gasteiger partial charge is 0.457 e. The van der Waals surface area contributed by atoms with Crippen LogP contribution in [0.25, 0.3) is 0 Å². The summed E-state index contributed by atoms with van der Waals surface area (Å²) in [6.45, 7) is 2.28. The number of para-hydroxylation sites is 1. The lowest BCUT2D eigenvalue weighted by molar-refractivity contribution is -0.138. The van der Waals surface area contributed by atoms with E-state index in [1.54, 1.807) is 25.4 Å². The van der Waals surface area contributed by atoms with Gasteiger partial charge in [-0.1, -0.05) is 30.3 Å². The van der Waals surface area contributed by atoms with Gasteiger partial charge in [0.2, 0.25) is 11.9 Å². The minimum atomic E-state index is -0.636. The Morgan fingerprint density at radius 3 is 2.63 bits per heavy atom. The molecule has 2 aromatic carbocycles. The second-order valence-electron chi connectivity index (χ2n) is 8.76. The first-order valence-corrected chi connectivity index (χ1v) is 12.6. The number of carbonyl (C=O) groups excluding carboxylic acids is 2. The number of rotatable bonds is 12. The molecule has 10 nitrogen and oxygen atoms in total. The van der Waals surface area contributed by atoms with Gasteiger partial charge in [0.15, 0.2) is 0 Å². The van der Waals surface area contributed by atoms with Crippen molar-refractivity contribution in [3.05, 3.63) is 79.0 Å². The van der Waals surface area contributed by atoms with E-state index >= 15 is 0 Å². The summed E-state index contributed by atoms with van der Waals surface area (Å²) < 4.78 is 5.87. The standard InChI is InChI=1S/C28H33N7O3/c1-35(24-20-32-28(34-27(24)37)33-25-13-5-6-16-31-25)26(36)14-18-29-15-8-17-30-21-9-7-12-23(19-21)38-22-10-3-2-4-11-22/h2-7,9-13,16,19,24,29-30H,8,14-15,17-18,20H2,1H3,(H2,31,32,33,34,37). The molecule has 38 heavy (non-hydrogen) atoms. The smallest absolute Gasteiger partial charge is 0.251 e. The molecular formula is C28H33N7O3. The van der Waals surface area contributed by atoms with Gasteiger partial charge in [0, 0.05) is 44.5 Å². The summed E-state index contributed by atoms with van der Waals surface area (Å²) in [6, 6.07) is 22.3. The van der Waals surface area contributed by atoms with Gasteiger partial charge in [0.05, 0.1) is 6.54 Å². The fourth-order valence-corrected chi connectivity index (χ4v) is 3.84. The molecule has 0 fully saturated rings. The first kappa shape index (κ1) is 26.6. The number of guanidine groups is 1. The quantitative estimate of drug-likeness (QED) is 0.274. The van der Waals surface area contributed by atoms with Crippen LogP contribution in [-0.2, 0) is 9.59 Å². The lowest BCUT2D eigenvalue weighted by atomic mass is 10.2. The molecule has 1 aliphatic heterocycles. The maximum absolute atomic E-state index is 12.6. The molecule has 0 saturated carbocycles. The van der Waals surface area contributed by atoms with Gasteiger partial charge in [-0.05, 0) is 49.4 Å². The lowest BCUT2D eigenvalue weighted by Gasteiger charge is -2.29. The molecule has 1 unspecified atom stereocenters. The molecule has 4 rings (SSSR count). The van der Waals surface area contributed by atoms with E-state index in [1.807, 2.05) is 60.7 Å². The number of carbonyl (C=O) groups is 2. The predicted molar refractivity (Wildman–Crippen MR) is 148 cm³/mol. The van der Waals surface area contributed by atoms with Crippen LogP contribution in [-0.4, -0.2) is 66.9 Å². The Morgan fingerprint density at radius 1 is 1.03 bits per heavy atom. The van der Waals surface area contributed by atoms with Gasteiger partial charge in [0.25, 0.3) is 5.91 Å². The van der Waals surface area contributed by atoms with E-state index < -0.39 is 6.04 Å². The van der Waals surface area contributed by atoms with Gasteiger partial charge in [-0.3, -0.25) is 14.9 Å². The van der Waals surface area contributed by atoms with Gasteiger partial charge in [-0.15, -0.1) is 0 Å². The average molecular weight is 516 g/mol. The Labute approximate surface area is 222 Å². The van der Waals surface area contributed by atoms with Crippen molar-refractivity contribution in [1.29, 1.82) is 0 Å². The van der Waals surface area contributed by atoms with E-state index in [0.717, 1.165) is 36.7 Å². The number of benzene rings is 2. The van der Waals surface area contributed by atoms with Crippen LogP contribution in [0.4, 0.5) is 11.5 Å². The number of aromatic nitrogens is 1. The second kappa shape index (κ2) is 13.8. The highest BCUT2D eigenvalue weighted by molar-refractivity contribution is 6.07. The maximum atomic E-state index is 12.6. The van der Waals surface area contributed by atoms with Gasteiger partial charge < -0.3 is 25.6 Å². The first-order valence-electron chi connectivity index (χ1n) is 12.6. The van der Waals surface area contributed by atoms with Crippen molar-refractivity contribution < 1.29 is 14.3 Å². The van der Waals surface area contributed by atoms with E-state index in [2.05, 4.69) is 31.2 Å². The highest BCUT2D eigenvalue weighted by Gasteiger charge is 2.30. The molecule has 1 aliphatic rings. The molecule has 2 heterocycles. The fourth-order valence-electron chi connectivity index (χ4n) is 3.84. The van der Waals surface area contributed by atoms with E-state index in [0.29, 0.717) is 24.7 Å². The molecule has 4 N–H and O–H groups in total. The van der Waals surface area contributed by atoms with E-state index in [9.17, 15) is 9.59 Å². The van der Waals surface area contributed by atoms with Crippen LogP contribution in [0.3, 0.4) is 0 Å². The molecule has 1 atom stereocenters. The zero-order valence-electron chi connectivity index (χ0n) is 21.4. The number of pyridine rings is 1. The molecule has 0 radical (unpaired) electrons. The van der Waals surface area contributed by atoms with Crippen LogP contribution in [0.5, 0.6) is 11.5 Å². The third-order valence-corrected chi connectivity index (χ3v) is 5.93. The number of hydrogen-bond acceptors (Lipinski definition) is 8. The van der Waals surface area contributed by atoms with Gasteiger partial charge in [-0.25, -0.2) is 9.98 Å². The monoisotopic (exact) mass is 515 g/mol. The number of aliphatic imine (C=N–C) groups is 1. The van der Waals surface area contributed by atoms with Crippen LogP contribution in [0.1, 0.15) is 12.8 Å². The number of nitrogens with one attached hydrogen (secondary N) is 4. The van der Waals surface area contributed by atoms with Crippen molar-refractivity contribution in [1.82, 2.24) is 20.5 Å². The third-order valence-electron chi connectivity index (χ3n) is 5.93. The fraction of sp³-hybridized carbons (Fsp3) is 0.286.